The van der Waals surface area contributed by atoms with Gasteiger partial charge in [-0.3, -0.25) is 4.21 Å². The minimum atomic E-state index is -0.571. The maximum Gasteiger partial charge on any atom is 0.0362 e. The monoisotopic (exact) mass is 217 g/mol. The van der Waals surface area contributed by atoms with Crippen LogP contribution in [0, 0.1) is 0 Å². The Balaban J connectivity index is 2.35. The molecule has 0 aromatic heterocycles. The van der Waals surface area contributed by atoms with Crippen LogP contribution in [0.2, 0.25) is 0 Å². The van der Waals surface area contributed by atoms with E-state index in [1.165, 1.54) is 19.3 Å². The average Bonchev–Trinajstić information content (AvgIpc) is 2.19. The van der Waals surface area contributed by atoms with Crippen molar-refractivity contribution in [1.29, 1.82) is 0 Å². The van der Waals surface area contributed by atoms with E-state index in [9.17, 15) is 4.21 Å². The fourth-order valence-corrected chi connectivity index (χ4v) is 3.84. The molecule has 1 saturated carbocycles. The molecule has 2 nitrogen and oxygen atoms in total. The van der Waals surface area contributed by atoms with E-state index >= 15 is 0 Å². The summed E-state index contributed by atoms with van der Waals surface area (Å²) in [5.41, 5.74) is 0. The highest BCUT2D eigenvalue weighted by molar-refractivity contribution is 7.85. The minimum Gasteiger partial charge on any atom is -0.314 e. The normalized spacial score (nSPS) is 30.1. The molecule has 0 aromatic rings. The highest BCUT2D eigenvalue weighted by Crippen LogP contribution is 2.23. The van der Waals surface area contributed by atoms with E-state index < -0.39 is 10.8 Å². The Labute approximate surface area is 90.3 Å². The van der Waals surface area contributed by atoms with Crippen LogP contribution in [-0.4, -0.2) is 27.8 Å². The van der Waals surface area contributed by atoms with Crippen molar-refractivity contribution >= 4 is 10.8 Å². The number of hydrogen-bond donors (Lipinski definition) is 1. The zero-order valence-corrected chi connectivity index (χ0v) is 10.2. The van der Waals surface area contributed by atoms with Crippen molar-refractivity contribution in [1.82, 2.24) is 5.32 Å². The smallest absolute Gasteiger partial charge is 0.0362 e. The lowest BCUT2D eigenvalue weighted by molar-refractivity contribution is 0.383. The molecule has 0 amide bonds. The van der Waals surface area contributed by atoms with Gasteiger partial charge in [0, 0.05) is 27.8 Å². The molecule has 0 aromatic carbocycles. The average molecular weight is 217 g/mol. The Kier molecular flexibility index (Phi) is 5.71. The van der Waals surface area contributed by atoms with Gasteiger partial charge in [0.05, 0.1) is 0 Å². The van der Waals surface area contributed by atoms with Crippen molar-refractivity contribution in [2.45, 2.75) is 57.2 Å². The third-order valence-electron chi connectivity index (χ3n) is 2.90. The Morgan fingerprint density at radius 2 is 2.14 bits per heavy atom. The minimum absolute atomic E-state index is 0.466. The molecule has 1 N–H and O–H groups in total. The van der Waals surface area contributed by atoms with Crippen molar-refractivity contribution in [3.8, 4) is 0 Å². The first-order chi connectivity index (χ1) is 6.77. The summed E-state index contributed by atoms with van der Waals surface area (Å²) in [6, 6.07) is 0.625. The molecule has 0 saturated heterocycles. The maximum atomic E-state index is 11.8. The largest absolute Gasteiger partial charge is 0.314 e. The van der Waals surface area contributed by atoms with Crippen LogP contribution in [0.25, 0.3) is 0 Å². The zero-order chi connectivity index (χ0) is 10.4. The molecule has 0 aliphatic heterocycles. The molecule has 14 heavy (non-hydrogen) atoms. The van der Waals surface area contributed by atoms with E-state index in [1.807, 2.05) is 0 Å². The van der Waals surface area contributed by atoms with Gasteiger partial charge in [0.1, 0.15) is 0 Å². The van der Waals surface area contributed by atoms with Crippen molar-refractivity contribution in [2.24, 2.45) is 0 Å². The summed E-state index contributed by atoms with van der Waals surface area (Å²) < 4.78 is 11.8. The maximum absolute atomic E-state index is 11.8. The molecule has 0 radical (unpaired) electrons. The molecule has 0 heterocycles. The number of rotatable bonds is 5. The van der Waals surface area contributed by atoms with E-state index in [2.05, 4.69) is 19.2 Å². The van der Waals surface area contributed by atoms with E-state index in [1.54, 1.807) is 0 Å². The second-order valence-corrected chi connectivity index (χ2v) is 5.96. The first kappa shape index (κ1) is 12.2. The first-order valence-electron chi connectivity index (χ1n) is 5.88. The zero-order valence-electron chi connectivity index (χ0n) is 9.42. The molecular weight excluding hydrogens is 194 g/mol. The van der Waals surface area contributed by atoms with Gasteiger partial charge < -0.3 is 5.32 Å². The highest BCUT2D eigenvalue weighted by atomic mass is 32.2. The van der Waals surface area contributed by atoms with Crippen molar-refractivity contribution in [3.63, 3.8) is 0 Å². The van der Waals surface area contributed by atoms with Crippen LogP contribution in [0.1, 0.15) is 46.0 Å². The predicted octanol–water partition coefficient (Wildman–Crippen LogP) is 2.07. The van der Waals surface area contributed by atoms with Crippen LogP contribution >= 0.6 is 0 Å². The van der Waals surface area contributed by atoms with E-state index in [-0.39, 0.29) is 0 Å². The molecule has 3 heteroatoms. The Hall–Kier alpha value is 0.110. The van der Waals surface area contributed by atoms with Crippen LogP contribution in [0.5, 0.6) is 0 Å². The summed E-state index contributed by atoms with van der Waals surface area (Å²) in [5, 5.41) is 3.94. The van der Waals surface area contributed by atoms with Crippen LogP contribution in [0.4, 0.5) is 0 Å². The topological polar surface area (TPSA) is 29.1 Å². The molecule has 84 valence electrons. The molecule has 1 aliphatic rings. The van der Waals surface area contributed by atoms with E-state index in [0.29, 0.717) is 11.3 Å². The fraction of sp³-hybridized carbons (Fsp3) is 1.00. The van der Waals surface area contributed by atoms with Crippen LogP contribution in [0.15, 0.2) is 0 Å². The SMILES string of the molecule is CCCS(=O)C1CCCC(NCC)C1. The second kappa shape index (κ2) is 6.57. The number of nitrogens with one attached hydrogen (secondary N) is 1. The molecule has 0 bridgehead atoms. The molecule has 1 rings (SSSR count). The molecule has 1 aliphatic carbocycles. The lowest BCUT2D eigenvalue weighted by Crippen LogP contribution is -2.37. The van der Waals surface area contributed by atoms with Gasteiger partial charge in [-0.05, 0) is 32.2 Å². The van der Waals surface area contributed by atoms with Crippen LogP contribution < -0.4 is 5.32 Å². The summed E-state index contributed by atoms with van der Waals surface area (Å²) >= 11 is 0. The van der Waals surface area contributed by atoms with Crippen molar-refractivity contribution in [3.05, 3.63) is 0 Å². The summed E-state index contributed by atoms with van der Waals surface area (Å²) in [4.78, 5) is 0. The van der Waals surface area contributed by atoms with E-state index in [4.69, 9.17) is 0 Å². The van der Waals surface area contributed by atoms with Crippen LogP contribution in [0.3, 0.4) is 0 Å². The van der Waals surface area contributed by atoms with Gasteiger partial charge in [-0.25, -0.2) is 0 Å². The lowest BCUT2D eigenvalue weighted by Gasteiger charge is -2.29. The Bertz CT molecular complexity index is 182. The van der Waals surface area contributed by atoms with Gasteiger partial charge in [-0.15, -0.1) is 0 Å². The molecule has 0 spiro atoms. The van der Waals surface area contributed by atoms with Gasteiger partial charge in [0.25, 0.3) is 0 Å². The lowest BCUT2D eigenvalue weighted by atomic mass is 9.95. The third-order valence-corrected chi connectivity index (χ3v) is 4.88. The first-order valence-corrected chi connectivity index (χ1v) is 7.26. The quantitative estimate of drug-likeness (QED) is 0.764. The van der Waals surface area contributed by atoms with Gasteiger partial charge in [0.2, 0.25) is 0 Å². The van der Waals surface area contributed by atoms with Crippen molar-refractivity contribution in [2.75, 3.05) is 12.3 Å². The molecule has 3 atom stereocenters. The highest BCUT2D eigenvalue weighted by Gasteiger charge is 2.24. The molecule has 1 fully saturated rings. The standard InChI is InChI=1S/C11H23NOS/c1-3-8-14(13)11-7-5-6-10(9-11)12-4-2/h10-12H,3-9H2,1-2H3. The Morgan fingerprint density at radius 1 is 1.36 bits per heavy atom. The fourth-order valence-electron chi connectivity index (χ4n) is 2.23. The van der Waals surface area contributed by atoms with E-state index in [0.717, 1.165) is 25.1 Å². The molecule has 3 unspecified atom stereocenters. The molecular formula is C11H23NOS. The summed E-state index contributed by atoms with van der Waals surface area (Å²) in [6.07, 6.45) is 5.87. The van der Waals surface area contributed by atoms with Crippen LogP contribution in [-0.2, 0) is 10.8 Å². The predicted molar refractivity (Wildman–Crippen MR) is 63.0 cm³/mol. The summed E-state index contributed by atoms with van der Waals surface area (Å²) in [5.74, 6) is 0.892. The van der Waals surface area contributed by atoms with Gasteiger partial charge in [0.15, 0.2) is 0 Å². The second-order valence-electron chi connectivity index (χ2n) is 4.13. The van der Waals surface area contributed by atoms with Gasteiger partial charge in [-0.2, -0.15) is 0 Å². The van der Waals surface area contributed by atoms with Gasteiger partial charge >= 0.3 is 0 Å². The van der Waals surface area contributed by atoms with Crippen molar-refractivity contribution < 1.29 is 4.21 Å². The Morgan fingerprint density at radius 3 is 2.79 bits per heavy atom. The number of hydrogen-bond acceptors (Lipinski definition) is 2. The summed E-state index contributed by atoms with van der Waals surface area (Å²) in [6.45, 7) is 5.30. The third kappa shape index (κ3) is 3.70. The van der Waals surface area contributed by atoms with Gasteiger partial charge in [-0.1, -0.05) is 20.3 Å². The summed E-state index contributed by atoms with van der Waals surface area (Å²) in [7, 11) is -0.571.